The van der Waals surface area contributed by atoms with Gasteiger partial charge in [-0.15, -0.1) is 0 Å². The van der Waals surface area contributed by atoms with E-state index in [1.165, 1.54) is 12.1 Å². The number of benzene rings is 2. The van der Waals surface area contributed by atoms with Crippen LogP contribution in [0.3, 0.4) is 0 Å². The molecule has 0 unspecified atom stereocenters. The van der Waals surface area contributed by atoms with Crippen molar-refractivity contribution < 1.29 is 9.18 Å². The van der Waals surface area contributed by atoms with Crippen molar-refractivity contribution in [3.8, 4) is 0 Å². The summed E-state index contributed by atoms with van der Waals surface area (Å²) >= 11 is 0. The van der Waals surface area contributed by atoms with Gasteiger partial charge in [-0.2, -0.15) is 0 Å². The first-order valence-corrected chi connectivity index (χ1v) is 8.70. The second kappa shape index (κ2) is 7.70. The van der Waals surface area contributed by atoms with Crippen molar-refractivity contribution in [2.75, 3.05) is 27.2 Å². The number of carbonyl (C=O) groups is 1. The van der Waals surface area contributed by atoms with Crippen LogP contribution in [-0.4, -0.2) is 47.9 Å². The summed E-state index contributed by atoms with van der Waals surface area (Å²) in [5, 5.41) is 1.02. The molecule has 1 aromatic heterocycles. The lowest BCUT2D eigenvalue weighted by atomic mass is 10.2. The molecule has 3 aromatic rings. The van der Waals surface area contributed by atoms with Crippen LogP contribution in [0, 0.1) is 12.7 Å². The van der Waals surface area contributed by atoms with Gasteiger partial charge in [0.25, 0.3) is 5.91 Å². The predicted molar refractivity (Wildman–Crippen MR) is 103 cm³/mol. The molecule has 0 bridgehead atoms. The Labute approximate surface area is 153 Å². The molecule has 1 amide bonds. The Kier molecular flexibility index (Phi) is 5.38. The maximum atomic E-state index is 13.2. The molecule has 0 aliphatic carbocycles. The van der Waals surface area contributed by atoms with Gasteiger partial charge in [-0.05, 0) is 56.4 Å². The number of aryl methyl sites for hydroxylation is 1. The molecule has 26 heavy (non-hydrogen) atoms. The molecule has 0 aliphatic rings. The lowest BCUT2D eigenvalue weighted by molar-refractivity contribution is 0.0727. The first-order valence-electron chi connectivity index (χ1n) is 8.70. The van der Waals surface area contributed by atoms with Crippen LogP contribution in [0.1, 0.15) is 21.6 Å². The second-order valence-corrected chi connectivity index (χ2v) is 6.93. The third kappa shape index (κ3) is 4.29. The zero-order valence-corrected chi connectivity index (χ0v) is 15.4. The van der Waals surface area contributed by atoms with Crippen LogP contribution in [-0.2, 0) is 6.54 Å². The molecule has 0 fully saturated rings. The number of halogens is 1. The fourth-order valence-electron chi connectivity index (χ4n) is 2.91. The van der Waals surface area contributed by atoms with E-state index in [2.05, 4.69) is 4.98 Å². The molecule has 1 heterocycles. The zero-order valence-electron chi connectivity index (χ0n) is 15.4. The first kappa shape index (κ1) is 18.1. The van der Waals surface area contributed by atoms with Crippen molar-refractivity contribution in [2.24, 2.45) is 0 Å². The Morgan fingerprint density at radius 2 is 1.77 bits per heavy atom. The van der Waals surface area contributed by atoms with Gasteiger partial charge in [0.15, 0.2) is 0 Å². The van der Waals surface area contributed by atoms with Crippen molar-refractivity contribution in [3.05, 3.63) is 71.2 Å². The van der Waals surface area contributed by atoms with Gasteiger partial charge in [-0.25, -0.2) is 4.39 Å². The normalized spacial score (nSPS) is 11.3. The Morgan fingerprint density at radius 1 is 1.04 bits per heavy atom. The minimum absolute atomic E-state index is 0.0509. The Bertz CT molecular complexity index is 899. The van der Waals surface area contributed by atoms with Crippen LogP contribution in [0.25, 0.3) is 10.9 Å². The van der Waals surface area contributed by atoms with Gasteiger partial charge in [0.2, 0.25) is 0 Å². The molecule has 0 radical (unpaired) electrons. The predicted octanol–water partition coefficient (Wildman–Crippen LogP) is 3.82. The lowest BCUT2D eigenvalue weighted by Crippen LogP contribution is -2.36. The summed E-state index contributed by atoms with van der Waals surface area (Å²) in [6.45, 7) is 3.82. The van der Waals surface area contributed by atoms with Crippen LogP contribution in [0.5, 0.6) is 0 Å². The van der Waals surface area contributed by atoms with Crippen LogP contribution in [0.4, 0.5) is 4.39 Å². The standard InChI is InChI=1S/C21H24FN3O/c1-15-4-7-17-13-20(23-19(17)12-15)21(26)25(11-10-24(2)3)14-16-5-8-18(22)9-6-16/h4-9,12-13,23H,10-11,14H2,1-3H3. The van der Waals surface area contributed by atoms with Crippen LogP contribution in [0.15, 0.2) is 48.5 Å². The van der Waals surface area contributed by atoms with E-state index >= 15 is 0 Å². The van der Waals surface area contributed by atoms with E-state index in [0.29, 0.717) is 18.8 Å². The van der Waals surface area contributed by atoms with E-state index in [9.17, 15) is 9.18 Å². The Morgan fingerprint density at radius 3 is 2.46 bits per heavy atom. The molecule has 2 aromatic carbocycles. The van der Waals surface area contributed by atoms with E-state index in [1.807, 2.05) is 50.2 Å². The largest absolute Gasteiger partial charge is 0.351 e. The highest BCUT2D eigenvalue weighted by Gasteiger charge is 2.18. The van der Waals surface area contributed by atoms with Crippen molar-refractivity contribution in [2.45, 2.75) is 13.5 Å². The summed E-state index contributed by atoms with van der Waals surface area (Å²) in [7, 11) is 3.96. The molecule has 0 saturated carbocycles. The van der Waals surface area contributed by atoms with Crippen molar-refractivity contribution in [3.63, 3.8) is 0 Å². The number of carbonyl (C=O) groups excluding carboxylic acids is 1. The van der Waals surface area contributed by atoms with Gasteiger partial charge in [0.1, 0.15) is 11.5 Å². The van der Waals surface area contributed by atoms with Crippen LogP contribution >= 0.6 is 0 Å². The smallest absolute Gasteiger partial charge is 0.270 e. The highest BCUT2D eigenvalue weighted by Crippen LogP contribution is 2.19. The summed E-state index contributed by atoms with van der Waals surface area (Å²) in [6, 6.07) is 14.3. The minimum Gasteiger partial charge on any atom is -0.351 e. The topological polar surface area (TPSA) is 39.3 Å². The number of likely N-dealkylation sites (N-methyl/N-ethyl adjacent to an activating group) is 1. The lowest BCUT2D eigenvalue weighted by Gasteiger charge is -2.24. The van der Waals surface area contributed by atoms with Crippen LogP contribution < -0.4 is 0 Å². The number of nitrogens with zero attached hydrogens (tertiary/aromatic N) is 2. The molecule has 0 aliphatic heterocycles. The number of H-pyrrole nitrogens is 1. The quantitative estimate of drug-likeness (QED) is 0.732. The van der Waals surface area contributed by atoms with Gasteiger partial charge in [0.05, 0.1) is 0 Å². The molecular formula is C21H24FN3O. The average molecular weight is 353 g/mol. The number of hydrogen-bond acceptors (Lipinski definition) is 2. The molecule has 0 atom stereocenters. The fourth-order valence-corrected chi connectivity index (χ4v) is 2.91. The highest BCUT2D eigenvalue weighted by atomic mass is 19.1. The van der Waals surface area contributed by atoms with Crippen molar-refractivity contribution in [1.82, 2.24) is 14.8 Å². The Hall–Kier alpha value is -2.66. The minimum atomic E-state index is -0.272. The number of amides is 1. The van der Waals surface area contributed by atoms with Crippen LogP contribution in [0.2, 0.25) is 0 Å². The van der Waals surface area contributed by atoms with E-state index in [-0.39, 0.29) is 11.7 Å². The zero-order chi connectivity index (χ0) is 18.7. The molecule has 4 nitrogen and oxygen atoms in total. The number of nitrogens with one attached hydrogen (secondary N) is 1. The van der Waals surface area contributed by atoms with Crippen molar-refractivity contribution in [1.29, 1.82) is 0 Å². The summed E-state index contributed by atoms with van der Waals surface area (Å²) < 4.78 is 13.2. The van der Waals surface area contributed by atoms with E-state index < -0.39 is 0 Å². The number of rotatable bonds is 6. The van der Waals surface area contributed by atoms with E-state index in [4.69, 9.17) is 0 Å². The second-order valence-electron chi connectivity index (χ2n) is 6.93. The molecule has 3 rings (SSSR count). The Balaban J connectivity index is 1.85. The first-order chi connectivity index (χ1) is 12.4. The maximum Gasteiger partial charge on any atom is 0.270 e. The van der Waals surface area contributed by atoms with Gasteiger partial charge >= 0.3 is 0 Å². The van der Waals surface area contributed by atoms with E-state index in [0.717, 1.165) is 28.6 Å². The maximum absolute atomic E-state index is 13.2. The molecular weight excluding hydrogens is 329 g/mol. The number of aromatic amines is 1. The molecule has 0 spiro atoms. The third-order valence-electron chi connectivity index (χ3n) is 4.40. The molecule has 136 valence electrons. The molecule has 0 saturated heterocycles. The summed E-state index contributed by atoms with van der Waals surface area (Å²) in [5.41, 5.74) is 3.59. The monoisotopic (exact) mass is 353 g/mol. The van der Waals surface area contributed by atoms with Gasteiger partial charge < -0.3 is 14.8 Å². The van der Waals surface area contributed by atoms with Gasteiger partial charge in [-0.3, -0.25) is 4.79 Å². The molecule has 5 heteroatoms. The highest BCUT2D eigenvalue weighted by molar-refractivity contribution is 5.98. The third-order valence-corrected chi connectivity index (χ3v) is 4.40. The number of fused-ring (bicyclic) bond motifs is 1. The average Bonchev–Trinajstić information content (AvgIpc) is 3.02. The summed E-state index contributed by atoms with van der Waals surface area (Å²) in [6.07, 6.45) is 0. The molecule has 1 N–H and O–H groups in total. The van der Waals surface area contributed by atoms with Gasteiger partial charge in [-0.1, -0.05) is 24.3 Å². The van der Waals surface area contributed by atoms with Gasteiger partial charge in [0, 0.05) is 30.5 Å². The summed E-state index contributed by atoms with van der Waals surface area (Å²) in [4.78, 5) is 20.2. The SMILES string of the molecule is Cc1ccc2cc(C(=O)N(CCN(C)C)Cc3ccc(F)cc3)[nH]c2c1. The number of aromatic nitrogens is 1. The number of hydrogen-bond donors (Lipinski definition) is 1. The van der Waals surface area contributed by atoms with E-state index in [1.54, 1.807) is 17.0 Å². The summed E-state index contributed by atoms with van der Waals surface area (Å²) in [5.74, 6) is -0.323. The van der Waals surface area contributed by atoms with Crippen molar-refractivity contribution >= 4 is 16.8 Å². The fraction of sp³-hybridized carbons (Fsp3) is 0.286.